The van der Waals surface area contributed by atoms with Crippen LogP contribution < -0.4 is 5.73 Å². The van der Waals surface area contributed by atoms with Gasteiger partial charge in [-0.2, -0.15) is 0 Å². The smallest absolute Gasteiger partial charge is 0.230 e. The van der Waals surface area contributed by atoms with E-state index in [-0.39, 0.29) is 24.5 Å². The molecule has 104 valence electrons. The Morgan fingerprint density at radius 3 is 2.68 bits per heavy atom. The summed E-state index contributed by atoms with van der Waals surface area (Å²) in [5.74, 6) is -0.335. The summed E-state index contributed by atoms with van der Waals surface area (Å²) in [6.45, 7) is 1.55. The zero-order valence-electron chi connectivity index (χ0n) is 10.9. The third kappa shape index (κ3) is 3.53. The molecule has 2 atom stereocenters. The molecule has 0 bridgehead atoms. The Hall–Kier alpha value is -1.43. The van der Waals surface area contributed by atoms with Crippen molar-refractivity contribution in [1.29, 1.82) is 0 Å². The van der Waals surface area contributed by atoms with Crippen molar-refractivity contribution in [2.75, 3.05) is 26.4 Å². The molecule has 1 amide bonds. The van der Waals surface area contributed by atoms with E-state index in [0.29, 0.717) is 26.3 Å². The van der Waals surface area contributed by atoms with Crippen molar-refractivity contribution in [3.63, 3.8) is 0 Å². The fraction of sp³-hybridized carbons (Fsp3) is 0.500. The minimum absolute atomic E-state index is 0.0390. The average Bonchev–Trinajstić information content (AvgIpc) is 2.85. The van der Waals surface area contributed by atoms with Crippen molar-refractivity contribution in [1.82, 2.24) is 4.90 Å². The molecule has 0 saturated carbocycles. The van der Waals surface area contributed by atoms with Gasteiger partial charge in [0.2, 0.25) is 5.91 Å². The fourth-order valence-electron chi connectivity index (χ4n) is 2.25. The zero-order chi connectivity index (χ0) is 13.7. The summed E-state index contributed by atoms with van der Waals surface area (Å²) in [7, 11) is 0. The van der Waals surface area contributed by atoms with E-state index in [9.17, 15) is 4.79 Å². The number of nitrogens with zero attached hydrogens (tertiary/aromatic N) is 1. The topological polar surface area (TPSA) is 75.8 Å². The molecule has 5 heteroatoms. The number of rotatable bonds is 5. The highest BCUT2D eigenvalue weighted by molar-refractivity contribution is 5.80. The number of benzene rings is 1. The Morgan fingerprint density at radius 1 is 1.37 bits per heavy atom. The third-order valence-corrected chi connectivity index (χ3v) is 3.34. The summed E-state index contributed by atoms with van der Waals surface area (Å²) >= 11 is 0. The first-order valence-electron chi connectivity index (χ1n) is 6.49. The van der Waals surface area contributed by atoms with Crippen LogP contribution in [0.15, 0.2) is 30.3 Å². The maximum atomic E-state index is 12.4. The molecule has 1 aliphatic rings. The number of hydrogen-bond donors (Lipinski definition) is 2. The largest absolute Gasteiger partial charge is 0.395 e. The number of ether oxygens (including phenoxy) is 1. The molecule has 0 aromatic heterocycles. The maximum Gasteiger partial charge on any atom is 0.230 e. The van der Waals surface area contributed by atoms with Gasteiger partial charge in [-0.05, 0) is 5.56 Å². The number of carbonyl (C=O) groups excluding carboxylic acids is 1. The van der Waals surface area contributed by atoms with Gasteiger partial charge >= 0.3 is 0 Å². The van der Waals surface area contributed by atoms with Gasteiger partial charge in [0, 0.05) is 19.1 Å². The lowest BCUT2D eigenvalue weighted by molar-refractivity contribution is -0.137. The normalized spacial score (nSPS) is 22.4. The first-order valence-corrected chi connectivity index (χ1v) is 6.49. The van der Waals surface area contributed by atoms with Crippen molar-refractivity contribution in [2.45, 2.75) is 12.6 Å². The standard InChI is InChI=1S/C14H20N2O3/c15-13-10-19-9-12(13)14(18)16(6-7-17)8-11-4-2-1-3-5-11/h1-5,12-13,17H,6-10,15H2. The van der Waals surface area contributed by atoms with Gasteiger partial charge < -0.3 is 20.5 Å². The number of carbonyl (C=O) groups is 1. The van der Waals surface area contributed by atoms with E-state index in [0.717, 1.165) is 5.56 Å². The summed E-state index contributed by atoms with van der Waals surface area (Å²) in [6.07, 6.45) is 0. The monoisotopic (exact) mass is 264 g/mol. The molecule has 0 radical (unpaired) electrons. The van der Waals surface area contributed by atoms with Crippen molar-refractivity contribution in [2.24, 2.45) is 11.7 Å². The van der Waals surface area contributed by atoms with Crippen LogP contribution in [-0.2, 0) is 16.1 Å². The van der Waals surface area contributed by atoms with Crippen LogP contribution in [0.2, 0.25) is 0 Å². The molecule has 1 fully saturated rings. The number of amides is 1. The molecule has 0 aliphatic carbocycles. The Labute approximate surface area is 113 Å². The first kappa shape index (κ1) is 14.0. The second-order valence-electron chi connectivity index (χ2n) is 4.78. The summed E-state index contributed by atoms with van der Waals surface area (Å²) in [5, 5.41) is 9.12. The first-order chi connectivity index (χ1) is 9.22. The van der Waals surface area contributed by atoms with Crippen molar-refractivity contribution < 1.29 is 14.6 Å². The summed E-state index contributed by atoms with van der Waals surface area (Å²) in [6, 6.07) is 9.47. The SMILES string of the molecule is NC1COCC1C(=O)N(CCO)Cc1ccccc1. The van der Waals surface area contributed by atoms with Crippen molar-refractivity contribution in [3.05, 3.63) is 35.9 Å². The van der Waals surface area contributed by atoms with Gasteiger partial charge in [0.15, 0.2) is 0 Å². The molecule has 1 aliphatic heterocycles. The van der Waals surface area contributed by atoms with Crippen LogP contribution in [0.3, 0.4) is 0 Å². The molecule has 2 rings (SSSR count). The van der Waals surface area contributed by atoms with E-state index in [1.54, 1.807) is 4.90 Å². The molecule has 1 heterocycles. The van der Waals surface area contributed by atoms with Crippen molar-refractivity contribution >= 4 is 5.91 Å². The predicted molar refractivity (Wildman–Crippen MR) is 71.2 cm³/mol. The van der Waals surface area contributed by atoms with Gasteiger partial charge in [0.1, 0.15) is 0 Å². The summed E-state index contributed by atoms with van der Waals surface area (Å²) in [5.41, 5.74) is 6.91. The Morgan fingerprint density at radius 2 is 2.11 bits per heavy atom. The van der Waals surface area contributed by atoms with E-state index in [2.05, 4.69) is 0 Å². The number of nitrogens with two attached hydrogens (primary N) is 1. The lowest BCUT2D eigenvalue weighted by Crippen LogP contribution is -2.44. The van der Waals surface area contributed by atoms with Crippen LogP contribution in [0.1, 0.15) is 5.56 Å². The van der Waals surface area contributed by atoms with E-state index in [1.165, 1.54) is 0 Å². The predicted octanol–water partition coefficient (Wildman–Crippen LogP) is -0.0188. The highest BCUT2D eigenvalue weighted by Crippen LogP contribution is 2.16. The molecule has 19 heavy (non-hydrogen) atoms. The molecule has 2 unspecified atom stereocenters. The van der Waals surface area contributed by atoms with Crippen LogP contribution in [0.4, 0.5) is 0 Å². The van der Waals surface area contributed by atoms with Gasteiger partial charge in [0.05, 0.1) is 25.7 Å². The second kappa shape index (κ2) is 6.65. The van der Waals surface area contributed by atoms with Crippen molar-refractivity contribution in [3.8, 4) is 0 Å². The molecular formula is C14H20N2O3. The third-order valence-electron chi connectivity index (χ3n) is 3.34. The molecule has 1 aromatic carbocycles. The van der Waals surface area contributed by atoms with Crippen LogP contribution >= 0.6 is 0 Å². The minimum atomic E-state index is -0.296. The van der Waals surface area contributed by atoms with E-state index >= 15 is 0 Å². The van der Waals surface area contributed by atoms with Crippen LogP contribution in [0.25, 0.3) is 0 Å². The maximum absolute atomic E-state index is 12.4. The number of aliphatic hydroxyl groups excluding tert-OH is 1. The van der Waals surface area contributed by atoms with E-state index < -0.39 is 0 Å². The molecule has 5 nitrogen and oxygen atoms in total. The molecular weight excluding hydrogens is 244 g/mol. The van der Waals surface area contributed by atoms with Gasteiger partial charge in [-0.1, -0.05) is 30.3 Å². The van der Waals surface area contributed by atoms with Gasteiger partial charge in [-0.25, -0.2) is 0 Å². The summed E-state index contributed by atoms with van der Waals surface area (Å²) < 4.78 is 5.23. The Bertz CT molecular complexity index is 410. The fourth-order valence-corrected chi connectivity index (χ4v) is 2.25. The second-order valence-corrected chi connectivity index (χ2v) is 4.78. The Balaban J connectivity index is 2.04. The Kier molecular flexibility index (Phi) is 4.90. The lowest BCUT2D eigenvalue weighted by Gasteiger charge is -2.26. The molecule has 1 saturated heterocycles. The summed E-state index contributed by atoms with van der Waals surface area (Å²) in [4.78, 5) is 14.1. The van der Waals surface area contributed by atoms with E-state index in [4.69, 9.17) is 15.6 Å². The highest BCUT2D eigenvalue weighted by Gasteiger charge is 2.34. The zero-order valence-corrected chi connectivity index (χ0v) is 10.9. The molecule has 0 spiro atoms. The van der Waals surface area contributed by atoms with Crippen LogP contribution in [-0.4, -0.2) is 48.3 Å². The van der Waals surface area contributed by atoms with Gasteiger partial charge in [-0.3, -0.25) is 4.79 Å². The van der Waals surface area contributed by atoms with Crippen LogP contribution in [0, 0.1) is 5.92 Å². The minimum Gasteiger partial charge on any atom is -0.395 e. The molecule has 3 N–H and O–H groups in total. The van der Waals surface area contributed by atoms with Crippen LogP contribution in [0.5, 0.6) is 0 Å². The quantitative estimate of drug-likeness (QED) is 0.784. The molecule has 1 aromatic rings. The van der Waals surface area contributed by atoms with Gasteiger partial charge in [-0.15, -0.1) is 0 Å². The van der Waals surface area contributed by atoms with Gasteiger partial charge in [0.25, 0.3) is 0 Å². The highest BCUT2D eigenvalue weighted by atomic mass is 16.5. The lowest BCUT2D eigenvalue weighted by atomic mass is 10.0. The number of hydrogen-bond acceptors (Lipinski definition) is 4. The number of aliphatic hydroxyl groups is 1. The van der Waals surface area contributed by atoms with E-state index in [1.807, 2.05) is 30.3 Å². The average molecular weight is 264 g/mol.